The Morgan fingerprint density at radius 3 is 2.65 bits per heavy atom. The molecule has 3 heteroatoms. The molecule has 0 heterocycles. The standard InChI is InChI=1S/C17H26N2O/c1-17(2)11-4-3-5-15(17)16(20)19-12-10-13-6-8-14(18)9-7-13/h6-9,15H,3-5,10-12,18H2,1-2H3,(H,19,20). The van der Waals surface area contributed by atoms with Gasteiger partial charge in [0.1, 0.15) is 0 Å². The van der Waals surface area contributed by atoms with Gasteiger partial charge in [0.25, 0.3) is 0 Å². The van der Waals surface area contributed by atoms with Crippen LogP contribution in [-0.4, -0.2) is 12.5 Å². The summed E-state index contributed by atoms with van der Waals surface area (Å²) in [5.74, 6) is 0.396. The summed E-state index contributed by atoms with van der Waals surface area (Å²) in [5.41, 5.74) is 7.79. The molecule has 0 aromatic heterocycles. The Balaban J connectivity index is 1.81. The van der Waals surface area contributed by atoms with Gasteiger partial charge in [0, 0.05) is 18.2 Å². The molecular formula is C17H26N2O. The lowest BCUT2D eigenvalue weighted by molar-refractivity contribution is -0.130. The zero-order valence-corrected chi connectivity index (χ0v) is 12.6. The number of carbonyl (C=O) groups excluding carboxylic acids is 1. The van der Waals surface area contributed by atoms with Crippen LogP contribution in [0.3, 0.4) is 0 Å². The first-order valence-electron chi connectivity index (χ1n) is 7.61. The van der Waals surface area contributed by atoms with Crippen molar-refractivity contribution in [3.05, 3.63) is 29.8 Å². The van der Waals surface area contributed by atoms with Gasteiger partial charge in [0.15, 0.2) is 0 Å². The summed E-state index contributed by atoms with van der Waals surface area (Å²) in [6.45, 7) is 5.14. The largest absolute Gasteiger partial charge is 0.399 e. The van der Waals surface area contributed by atoms with Crippen molar-refractivity contribution >= 4 is 11.6 Å². The number of amides is 1. The number of nitrogen functional groups attached to an aromatic ring is 1. The number of anilines is 1. The van der Waals surface area contributed by atoms with Gasteiger partial charge in [-0.15, -0.1) is 0 Å². The van der Waals surface area contributed by atoms with Crippen LogP contribution in [0.15, 0.2) is 24.3 Å². The summed E-state index contributed by atoms with van der Waals surface area (Å²) in [7, 11) is 0. The third kappa shape index (κ3) is 3.75. The van der Waals surface area contributed by atoms with Crippen LogP contribution in [0, 0.1) is 11.3 Å². The topological polar surface area (TPSA) is 55.1 Å². The van der Waals surface area contributed by atoms with Crippen molar-refractivity contribution in [1.82, 2.24) is 5.32 Å². The first-order chi connectivity index (χ1) is 9.49. The molecular weight excluding hydrogens is 248 g/mol. The minimum atomic E-state index is 0.142. The first kappa shape index (κ1) is 14.9. The average molecular weight is 274 g/mol. The minimum Gasteiger partial charge on any atom is -0.399 e. The Morgan fingerprint density at radius 1 is 1.30 bits per heavy atom. The summed E-state index contributed by atoms with van der Waals surface area (Å²) >= 11 is 0. The van der Waals surface area contributed by atoms with Gasteiger partial charge in [-0.1, -0.05) is 38.8 Å². The Labute approximate surface area is 121 Å². The van der Waals surface area contributed by atoms with Crippen LogP contribution >= 0.6 is 0 Å². The van der Waals surface area contributed by atoms with E-state index in [0.717, 1.165) is 24.9 Å². The molecule has 1 saturated carbocycles. The highest BCUT2D eigenvalue weighted by Gasteiger charge is 2.36. The Morgan fingerprint density at radius 2 is 2.00 bits per heavy atom. The third-order valence-corrected chi connectivity index (χ3v) is 4.52. The maximum Gasteiger partial charge on any atom is 0.223 e. The molecule has 0 bridgehead atoms. The first-order valence-corrected chi connectivity index (χ1v) is 7.61. The average Bonchev–Trinajstić information content (AvgIpc) is 2.40. The predicted molar refractivity (Wildman–Crippen MR) is 83.3 cm³/mol. The van der Waals surface area contributed by atoms with Crippen LogP contribution in [0.2, 0.25) is 0 Å². The highest BCUT2D eigenvalue weighted by molar-refractivity contribution is 5.79. The Bertz CT molecular complexity index is 451. The number of carbonyl (C=O) groups is 1. The molecule has 0 radical (unpaired) electrons. The normalized spacial score (nSPS) is 21.4. The molecule has 1 aliphatic rings. The van der Waals surface area contributed by atoms with E-state index in [1.807, 2.05) is 24.3 Å². The van der Waals surface area contributed by atoms with Gasteiger partial charge in [-0.3, -0.25) is 4.79 Å². The number of rotatable bonds is 4. The molecule has 1 unspecified atom stereocenters. The van der Waals surface area contributed by atoms with Gasteiger partial charge >= 0.3 is 0 Å². The summed E-state index contributed by atoms with van der Waals surface area (Å²) < 4.78 is 0. The third-order valence-electron chi connectivity index (χ3n) is 4.52. The fourth-order valence-corrected chi connectivity index (χ4v) is 3.12. The number of hydrogen-bond acceptors (Lipinski definition) is 2. The van der Waals surface area contributed by atoms with E-state index in [9.17, 15) is 4.79 Å². The molecule has 110 valence electrons. The van der Waals surface area contributed by atoms with Gasteiger partial charge in [0.2, 0.25) is 5.91 Å². The lowest BCUT2D eigenvalue weighted by atomic mass is 9.68. The second kappa shape index (κ2) is 6.29. The predicted octanol–water partition coefficient (Wildman–Crippen LogP) is 3.14. The maximum absolute atomic E-state index is 12.3. The van der Waals surface area contributed by atoms with E-state index < -0.39 is 0 Å². The molecule has 1 fully saturated rings. The van der Waals surface area contributed by atoms with Crippen molar-refractivity contribution in [1.29, 1.82) is 0 Å². The van der Waals surface area contributed by atoms with E-state index in [1.54, 1.807) is 0 Å². The monoisotopic (exact) mass is 274 g/mol. The zero-order valence-electron chi connectivity index (χ0n) is 12.6. The summed E-state index contributed by atoms with van der Waals surface area (Å²) in [4.78, 5) is 12.3. The van der Waals surface area contributed by atoms with Crippen molar-refractivity contribution in [2.24, 2.45) is 11.3 Å². The van der Waals surface area contributed by atoms with Gasteiger partial charge in [-0.25, -0.2) is 0 Å². The summed E-state index contributed by atoms with van der Waals surface area (Å²) in [6.07, 6.45) is 5.48. The highest BCUT2D eigenvalue weighted by Crippen LogP contribution is 2.40. The van der Waals surface area contributed by atoms with Crippen LogP contribution in [0.1, 0.15) is 45.1 Å². The lowest BCUT2D eigenvalue weighted by Crippen LogP contribution is -2.41. The lowest BCUT2D eigenvalue weighted by Gasteiger charge is -2.37. The SMILES string of the molecule is CC1(C)CCCCC1C(=O)NCCc1ccc(N)cc1. The van der Waals surface area contributed by atoms with E-state index in [0.29, 0.717) is 6.54 Å². The molecule has 1 amide bonds. The van der Waals surface area contributed by atoms with E-state index in [1.165, 1.54) is 18.4 Å². The molecule has 0 spiro atoms. The Kier molecular flexibility index (Phi) is 4.69. The molecule has 0 aliphatic heterocycles. The van der Waals surface area contributed by atoms with Gasteiger partial charge in [-0.2, -0.15) is 0 Å². The van der Waals surface area contributed by atoms with Gasteiger partial charge in [-0.05, 0) is 42.4 Å². The number of nitrogens with one attached hydrogen (secondary N) is 1. The smallest absolute Gasteiger partial charge is 0.223 e. The van der Waals surface area contributed by atoms with E-state index in [-0.39, 0.29) is 17.2 Å². The number of hydrogen-bond donors (Lipinski definition) is 2. The van der Waals surface area contributed by atoms with Crippen LogP contribution < -0.4 is 11.1 Å². The van der Waals surface area contributed by atoms with E-state index in [2.05, 4.69) is 19.2 Å². The molecule has 1 aromatic rings. The number of nitrogens with two attached hydrogens (primary N) is 1. The van der Waals surface area contributed by atoms with E-state index in [4.69, 9.17) is 5.73 Å². The second-order valence-corrected chi connectivity index (χ2v) is 6.57. The minimum absolute atomic E-state index is 0.142. The van der Waals surface area contributed by atoms with E-state index >= 15 is 0 Å². The fourth-order valence-electron chi connectivity index (χ4n) is 3.12. The molecule has 2 rings (SSSR count). The molecule has 1 aliphatic carbocycles. The molecule has 0 saturated heterocycles. The molecule has 3 N–H and O–H groups in total. The number of benzene rings is 1. The fraction of sp³-hybridized carbons (Fsp3) is 0.588. The van der Waals surface area contributed by atoms with Crippen LogP contribution in [0.25, 0.3) is 0 Å². The van der Waals surface area contributed by atoms with Gasteiger partial charge < -0.3 is 11.1 Å². The van der Waals surface area contributed by atoms with Crippen molar-refractivity contribution in [2.75, 3.05) is 12.3 Å². The molecule has 3 nitrogen and oxygen atoms in total. The van der Waals surface area contributed by atoms with Crippen LogP contribution in [0.5, 0.6) is 0 Å². The summed E-state index contributed by atoms with van der Waals surface area (Å²) in [6, 6.07) is 7.85. The van der Waals surface area contributed by atoms with Crippen molar-refractivity contribution in [2.45, 2.75) is 46.0 Å². The Hall–Kier alpha value is -1.51. The van der Waals surface area contributed by atoms with Crippen LogP contribution in [0.4, 0.5) is 5.69 Å². The van der Waals surface area contributed by atoms with Crippen LogP contribution in [-0.2, 0) is 11.2 Å². The maximum atomic E-state index is 12.3. The quantitative estimate of drug-likeness (QED) is 0.829. The second-order valence-electron chi connectivity index (χ2n) is 6.57. The van der Waals surface area contributed by atoms with Crippen molar-refractivity contribution in [3.8, 4) is 0 Å². The molecule has 20 heavy (non-hydrogen) atoms. The molecule has 1 aromatic carbocycles. The highest BCUT2D eigenvalue weighted by atomic mass is 16.1. The molecule has 1 atom stereocenters. The summed E-state index contributed by atoms with van der Waals surface area (Å²) in [5, 5.41) is 3.10. The van der Waals surface area contributed by atoms with Gasteiger partial charge in [0.05, 0.1) is 0 Å². The van der Waals surface area contributed by atoms with Crippen molar-refractivity contribution in [3.63, 3.8) is 0 Å². The van der Waals surface area contributed by atoms with Crippen molar-refractivity contribution < 1.29 is 4.79 Å². The zero-order chi connectivity index (χ0) is 14.6.